The molecule has 1 saturated heterocycles. The van der Waals surface area contributed by atoms with Crippen molar-refractivity contribution in [2.24, 2.45) is 11.7 Å². The lowest BCUT2D eigenvalue weighted by molar-refractivity contribution is 0.0745. The number of aromatic nitrogens is 2. The lowest BCUT2D eigenvalue weighted by Gasteiger charge is -2.16. The van der Waals surface area contributed by atoms with Crippen molar-refractivity contribution < 1.29 is 9.32 Å². The number of rotatable bonds is 4. The molecular weight excluding hydrogens is 399 g/mol. The van der Waals surface area contributed by atoms with Gasteiger partial charge in [-0.05, 0) is 30.2 Å². The fourth-order valence-corrected chi connectivity index (χ4v) is 3.52. The van der Waals surface area contributed by atoms with E-state index in [1.807, 2.05) is 36.4 Å². The van der Waals surface area contributed by atoms with Gasteiger partial charge < -0.3 is 15.2 Å². The van der Waals surface area contributed by atoms with Crippen LogP contribution in [0, 0.1) is 5.92 Å². The molecule has 0 bridgehead atoms. The molecule has 6 nitrogen and oxygen atoms in total. The number of pyridine rings is 1. The molecule has 1 aliphatic rings. The number of carbonyl (C=O) groups excluding carboxylic acids is 1. The average Bonchev–Trinajstić information content (AvgIpc) is 3.36. The van der Waals surface area contributed by atoms with Crippen LogP contribution in [0.3, 0.4) is 0 Å². The molecule has 1 aliphatic heterocycles. The van der Waals surface area contributed by atoms with Crippen LogP contribution in [0.5, 0.6) is 0 Å². The molecule has 1 fully saturated rings. The summed E-state index contributed by atoms with van der Waals surface area (Å²) in [6.45, 7) is 1.79. The molecule has 1 aromatic carbocycles. The van der Waals surface area contributed by atoms with Crippen molar-refractivity contribution in [1.29, 1.82) is 0 Å². The van der Waals surface area contributed by atoms with E-state index >= 15 is 0 Å². The Morgan fingerprint density at radius 3 is 2.50 bits per heavy atom. The van der Waals surface area contributed by atoms with Crippen molar-refractivity contribution in [2.75, 3.05) is 19.6 Å². The average molecular weight is 421 g/mol. The van der Waals surface area contributed by atoms with Crippen LogP contribution in [0.4, 0.5) is 0 Å². The van der Waals surface area contributed by atoms with Gasteiger partial charge in [0.15, 0.2) is 0 Å². The summed E-state index contributed by atoms with van der Waals surface area (Å²) in [5.41, 5.74) is 8.41. The van der Waals surface area contributed by atoms with Crippen LogP contribution < -0.4 is 5.73 Å². The maximum absolute atomic E-state index is 12.9. The molecule has 2 atom stereocenters. The predicted octanol–water partition coefficient (Wildman–Crippen LogP) is 3.39. The maximum atomic E-state index is 12.9. The van der Waals surface area contributed by atoms with Gasteiger partial charge in [-0.1, -0.05) is 41.6 Å². The quantitative estimate of drug-likeness (QED) is 0.698. The van der Waals surface area contributed by atoms with Gasteiger partial charge in [-0.3, -0.25) is 9.78 Å². The third-order valence-corrected chi connectivity index (χ3v) is 4.91. The second kappa shape index (κ2) is 9.68. The van der Waals surface area contributed by atoms with Crippen molar-refractivity contribution >= 4 is 30.7 Å². The summed E-state index contributed by atoms with van der Waals surface area (Å²) in [6.07, 6.45) is 1.68. The number of nitrogens with two attached hydrogens (primary N) is 1. The highest BCUT2D eigenvalue weighted by molar-refractivity contribution is 5.92. The van der Waals surface area contributed by atoms with Gasteiger partial charge in [-0.15, -0.1) is 24.8 Å². The lowest BCUT2D eigenvalue weighted by Crippen LogP contribution is -2.29. The number of likely N-dealkylation sites (tertiary alicyclic amines) is 1. The third-order valence-electron chi connectivity index (χ3n) is 4.91. The Morgan fingerprint density at radius 2 is 1.82 bits per heavy atom. The van der Waals surface area contributed by atoms with Crippen LogP contribution in [-0.4, -0.2) is 40.6 Å². The summed E-state index contributed by atoms with van der Waals surface area (Å²) in [4.78, 5) is 18.9. The highest BCUT2D eigenvalue weighted by Gasteiger charge is 2.36. The van der Waals surface area contributed by atoms with E-state index < -0.39 is 0 Å². The molecule has 3 heterocycles. The molecule has 1 amide bonds. The Bertz CT molecular complexity index is 889. The van der Waals surface area contributed by atoms with E-state index in [0.717, 1.165) is 0 Å². The van der Waals surface area contributed by atoms with E-state index in [1.165, 1.54) is 5.56 Å². The molecule has 4 rings (SSSR count). The van der Waals surface area contributed by atoms with Crippen LogP contribution in [0.2, 0.25) is 0 Å². The second-order valence-electron chi connectivity index (χ2n) is 6.51. The van der Waals surface area contributed by atoms with Gasteiger partial charge in [-0.2, -0.15) is 0 Å². The van der Waals surface area contributed by atoms with Crippen molar-refractivity contribution in [3.05, 3.63) is 72.1 Å². The molecule has 148 valence electrons. The minimum absolute atomic E-state index is 0. The lowest BCUT2D eigenvalue weighted by atomic mass is 9.89. The fourth-order valence-electron chi connectivity index (χ4n) is 3.52. The summed E-state index contributed by atoms with van der Waals surface area (Å²) in [5, 5.41) is 3.99. The highest BCUT2D eigenvalue weighted by Crippen LogP contribution is 2.33. The first-order chi connectivity index (χ1) is 12.8. The molecule has 0 aliphatic carbocycles. The van der Waals surface area contributed by atoms with E-state index in [0.29, 0.717) is 31.0 Å². The van der Waals surface area contributed by atoms with E-state index in [2.05, 4.69) is 22.3 Å². The molecule has 2 aromatic heterocycles. The first kappa shape index (κ1) is 21.9. The van der Waals surface area contributed by atoms with Crippen molar-refractivity contribution in [2.45, 2.75) is 5.92 Å². The second-order valence-corrected chi connectivity index (χ2v) is 6.51. The molecule has 0 radical (unpaired) electrons. The Kier molecular flexibility index (Phi) is 7.57. The summed E-state index contributed by atoms with van der Waals surface area (Å²) in [5.74, 6) is 0.551. The number of amides is 1. The smallest absolute Gasteiger partial charge is 0.292 e. The van der Waals surface area contributed by atoms with Gasteiger partial charge in [0.25, 0.3) is 5.91 Å². The monoisotopic (exact) mass is 420 g/mol. The molecular formula is C20H22Cl2N4O2. The Hall–Kier alpha value is -2.41. The molecule has 8 heteroatoms. The standard InChI is InChI=1S/C20H20N4O2.2ClH/c21-11-15-12-24(13-16(15)14-6-2-1-3-7-14)20(25)19-10-18(23-26-19)17-8-4-5-9-22-17;;/h1-10,15-16H,11-13,21H2;2*1H/t15-,16+;;/m1../s1. The number of hydrogen-bond donors (Lipinski definition) is 1. The number of halogens is 2. The zero-order valence-corrected chi connectivity index (χ0v) is 16.7. The minimum atomic E-state index is -0.156. The van der Waals surface area contributed by atoms with Gasteiger partial charge in [0.1, 0.15) is 5.69 Å². The Balaban J connectivity index is 0.00000140. The fraction of sp³-hybridized carbons (Fsp3) is 0.250. The van der Waals surface area contributed by atoms with Crippen LogP contribution in [-0.2, 0) is 0 Å². The van der Waals surface area contributed by atoms with Crippen molar-refractivity contribution in [3.63, 3.8) is 0 Å². The highest BCUT2D eigenvalue weighted by atomic mass is 35.5. The van der Waals surface area contributed by atoms with Crippen LogP contribution in [0.15, 0.2) is 65.3 Å². The minimum Gasteiger partial charge on any atom is -0.350 e. The Labute approximate surface area is 175 Å². The van der Waals surface area contributed by atoms with Gasteiger partial charge in [0.2, 0.25) is 5.76 Å². The van der Waals surface area contributed by atoms with Crippen LogP contribution in [0.25, 0.3) is 11.4 Å². The molecule has 0 saturated carbocycles. The molecule has 3 aromatic rings. The van der Waals surface area contributed by atoms with Crippen LogP contribution >= 0.6 is 24.8 Å². The van der Waals surface area contributed by atoms with E-state index in [1.54, 1.807) is 17.2 Å². The third kappa shape index (κ3) is 4.35. The zero-order chi connectivity index (χ0) is 17.9. The normalized spacial score (nSPS) is 18.2. The first-order valence-electron chi connectivity index (χ1n) is 8.68. The summed E-state index contributed by atoms with van der Waals surface area (Å²) in [6, 6.07) is 17.4. The number of benzene rings is 1. The predicted molar refractivity (Wildman–Crippen MR) is 112 cm³/mol. The molecule has 28 heavy (non-hydrogen) atoms. The number of nitrogens with zero attached hydrogens (tertiary/aromatic N) is 3. The van der Waals surface area contributed by atoms with Gasteiger partial charge in [0.05, 0.1) is 5.69 Å². The van der Waals surface area contributed by atoms with E-state index in [4.69, 9.17) is 10.3 Å². The van der Waals surface area contributed by atoms with Crippen LogP contribution in [0.1, 0.15) is 22.0 Å². The summed E-state index contributed by atoms with van der Waals surface area (Å²) < 4.78 is 5.29. The largest absolute Gasteiger partial charge is 0.350 e. The SMILES string of the molecule is Cl.Cl.NC[C@@H]1CN(C(=O)c2cc(-c3ccccn3)no2)C[C@H]1c1ccccc1. The molecule has 0 spiro atoms. The number of hydrogen-bond acceptors (Lipinski definition) is 5. The van der Waals surface area contributed by atoms with Gasteiger partial charge >= 0.3 is 0 Å². The number of carbonyl (C=O) groups is 1. The van der Waals surface area contributed by atoms with E-state index in [9.17, 15) is 4.79 Å². The zero-order valence-electron chi connectivity index (χ0n) is 15.1. The molecule has 2 N–H and O–H groups in total. The van der Waals surface area contributed by atoms with Gasteiger partial charge in [0, 0.05) is 31.3 Å². The summed E-state index contributed by atoms with van der Waals surface area (Å²) >= 11 is 0. The first-order valence-corrected chi connectivity index (χ1v) is 8.68. The van der Waals surface area contributed by atoms with E-state index in [-0.39, 0.29) is 48.3 Å². The Morgan fingerprint density at radius 1 is 1.07 bits per heavy atom. The molecule has 0 unspecified atom stereocenters. The summed E-state index contributed by atoms with van der Waals surface area (Å²) in [7, 11) is 0. The van der Waals surface area contributed by atoms with Crippen molar-refractivity contribution in [1.82, 2.24) is 15.0 Å². The topological polar surface area (TPSA) is 85.2 Å². The van der Waals surface area contributed by atoms with Crippen molar-refractivity contribution in [3.8, 4) is 11.4 Å². The maximum Gasteiger partial charge on any atom is 0.292 e. The van der Waals surface area contributed by atoms with Gasteiger partial charge in [-0.25, -0.2) is 0 Å².